The quantitative estimate of drug-likeness (QED) is 0.810. The predicted molar refractivity (Wildman–Crippen MR) is 75.0 cm³/mol. The minimum atomic E-state index is -0.277. The zero-order valence-electron chi connectivity index (χ0n) is 10.3. The Balaban J connectivity index is 2.13. The summed E-state index contributed by atoms with van der Waals surface area (Å²) in [6.45, 7) is 2.14. The topological polar surface area (TPSA) is 80.9 Å². The van der Waals surface area contributed by atoms with Crippen LogP contribution in [0.25, 0.3) is 0 Å². The van der Waals surface area contributed by atoms with E-state index in [1.54, 1.807) is 23.7 Å². The van der Waals surface area contributed by atoms with Crippen molar-refractivity contribution < 1.29 is 4.79 Å². The number of pyridine rings is 1. The summed E-state index contributed by atoms with van der Waals surface area (Å²) < 4.78 is 0. The SMILES string of the molecule is Cc1nc(C(=O)Nc2cc(C#CCN)ccn2)cs1. The van der Waals surface area contributed by atoms with E-state index >= 15 is 0 Å². The van der Waals surface area contributed by atoms with Crippen LogP contribution >= 0.6 is 11.3 Å². The largest absolute Gasteiger partial charge is 0.320 e. The van der Waals surface area contributed by atoms with Gasteiger partial charge in [-0.2, -0.15) is 0 Å². The number of nitrogens with one attached hydrogen (secondary N) is 1. The molecule has 0 atom stereocenters. The average Bonchev–Trinajstić information content (AvgIpc) is 2.83. The Hall–Kier alpha value is -2.23. The van der Waals surface area contributed by atoms with Crippen molar-refractivity contribution in [2.45, 2.75) is 6.92 Å². The van der Waals surface area contributed by atoms with Gasteiger partial charge in [-0.15, -0.1) is 11.3 Å². The lowest BCUT2D eigenvalue weighted by Gasteiger charge is -2.02. The molecule has 0 aliphatic heterocycles. The molecule has 0 aromatic carbocycles. The minimum Gasteiger partial charge on any atom is -0.320 e. The molecule has 2 aromatic rings. The lowest BCUT2D eigenvalue weighted by molar-refractivity contribution is 0.102. The molecule has 1 amide bonds. The Morgan fingerprint density at radius 2 is 2.42 bits per heavy atom. The number of carbonyl (C=O) groups excluding carboxylic acids is 1. The molecule has 19 heavy (non-hydrogen) atoms. The second-order valence-electron chi connectivity index (χ2n) is 3.64. The first kappa shape index (κ1) is 13.2. The lowest BCUT2D eigenvalue weighted by atomic mass is 10.2. The van der Waals surface area contributed by atoms with Gasteiger partial charge in [-0.25, -0.2) is 9.97 Å². The van der Waals surface area contributed by atoms with Crippen LogP contribution < -0.4 is 11.1 Å². The fraction of sp³-hybridized carbons (Fsp3) is 0.154. The molecule has 3 N–H and O–H groups in total. The number of hydrogen-bond donors (Lipinski definition) is 2. The van der Waals surface area contributed by atoms with Gasteiger partial charge in [0.15, 0.2) is 0 Å². The fourth-order valence-corrected chi connectivity index (χ4v) is 1.97. The highest BCUT2D eigenvalue weighted by molar-refractivity contribution is 7.09. The van der Waals surface area contributed by atoms with Gasteiger partial charge in [0.2, 0.25) is 0 Å². The molecule has 0 aliphatic rings. The summed E-state index contributed by atoms with van der Waals surface area (Å²) in [6, 6.07) is 3.45. The van der Waals surface area contributed by atoms with Gasteiger partial charge in [0.25, 0.3) is 5.91 Å². The van der Waals surface area contributed by atoms with Crippen LogP contribution in [-0.4, -0.2) is 22.4 Å². The number of anilines is 1. The second kappa shape index (κ2) is 6.09. The number of hydrogen-bond acceptors (Lipinski definition) is 5. The molecule has 5 nitrogen and oxygen atoms in total. The first-order chi connectivity index (χ1) is 9.19. The number of nitrogens with two attached hydrogens (primary N) is 1. The fourth-order valence-electron chi connectivity index (χ4n) is 1.38. The maximum Gasteiger partial charge on any atom is 0.276 e. The standard InChI is InChI=1S/C13H12N4OS/c1-9-16-11(8-19-9)13(18)17-12-7-10(3-2-5-14)4-6-15-12/h4,6-8H,5,14H2,1H3,(H,15,17,18). The first-order valence-electron chi connectivity index (χ1n) is 5.57. The van der Waals surface area contributed by atoms with E-state index in [4.69, 9.17) is 5.73 Å². The van der Waals surface area contributed by atoms with E-state index in [-0.39, 0.29) is 5.91 Å². The molecule has 0 saturated carbocycles. The normalized spacial score (nSPS) is 9.58. The molecule has 6 heteroatoms. The van der Waals surface area contributed by atoms with E-state index in [1.807, 2.05) is 6.92 Å². The van der Waals surface area contributed by atoms with Crippen LogP contribution in [-0.2, 0) is 0 Å². The Kier molecular flexibility index (Phi) is 4.23. The second-order valence-corrected chi connectivity index (χ2v) is 4.70. The van der Waals surface area contributed by atoms with Crippen molar-refractivity contribution in [1.29, 1.82) is 0 Å². The third-order valence-corrected chi connectivity index (χ3v) is 2.96. The summed E-state index contributed by atoms with van der Waals surface area (Å²) in [6.07, 6.45) is 1.59. The molecule has 2 rings (SSSR count). The number of rotatable bonds is 2. The monoisotopic (exact) mass is 272 g/mol. The van der Waals surface area contributed by atoms with Crippen molar-refractivity contribution in [2.75, 3.05) is 11.9 Å². The molecular weight excluding hydrogens is 260 g/mol. The molecule has 0 saturated heterocycles. The number of carbonyl (C=O) groups is 1. The minimum absolute atomic E-state index is 0.277. The van der Waals surface area contributed by atoms with E-state index in [0.717, 1.165) is 10.6 Å². The van der Waals surface area contributed by atoms with Crippen LogP contribution in [0.4, 0.5) is 5.82 Å². The molecule has 96 valence electrons. The maximum atomic E-state index is 11.9. The molecule has 0 unspecified atom stereocenters. The summed E-state index contributed by atoms with van der Waals surface area (Å²) in [4.78, 5) is 20.1. The smallest absolute Gasteiger partial charge is 0.276 e. The van der Waals surface area contributed by atoms with Crippen molar-refractivity contribution in [3.63, 3.8) is 0 Å². The Bertz CT molecular complexity index is 654. The van der Waals surface area contributed by atoms with Gasteiger partial charge in [0, 0.05) is 17.1 Å². The number of amides is 1. The van der Waals surface area contributed by atoms with Crippen molar-refractivity contribution in [3.05, 3.63) is 40.0 Å². The number of nitrogens with zero attached hydrogens (tertiary/aromatic N) is 2. The van der Waals surface area contributed by atoms with Crippen LogP contribution in [0.1, 0.15) is 21.1 Å². The Labute approximate surface area is 114 Å². The molecule has 2 heterocycles. The van der Waals surface area contributed by atoms with Gasteiger partial charge in [0.1, 0.15) is 11.5 Å². The maximum absolute atomic E-state index is 11.9. The van der Waals surface area contributed by atoms with Gasteiger partial charge in [-0.3, -0.25) is 4.79 Å². The molecular formula is C13H12N4OS. The zero-order valence-corrected chi connectivity index (χ0v) is 11.1. The van der Waals surface area contributed by atoms with Crippen LogP contribution in [0.3, 0.4) is 0 Å². The molecule has 2 aromatic heterocycles. The third kappa shape index (κ3) is 3.61. The number of aryl methyl sites for hydroxylation is 1. The van der Waals surface area contributed by atoms with Crippen molar-refractivity contribution in [2.24, 2.45) is 5.73 Å². The number of thiazole rings is 1. The molecule has 0 fully saturated rings. The van der Waals surface area contributed by atoms with Gasteiger partial charge >= 0.3 is 0 Å². The van der Waals surface area contributed by atoms with Gasteiger partial charge < -0.3 is 11.1 Å². The highest BCUT2D eigenvalue weighted by Gasteiger charge is 2.10. The molecule has 0 radical (unpaired) electrons. The third-order valence-electron chi connectivity index (χ3n) is 2.19. The Morgan fingerprint density at radius 1 is 1.58 bits per heavy atom. The molecule has 0 bridgehead atoms. The average molecular weight is 272 g/mol. The van der Waals surface area contributed by atoms with Crippen LogP contribution in [0.5, 0.6) is 0 Å². The summed E-state index contributed by atoms with van der Waals surface area (Å²) in [7, 11) is 0. The molecule has 0 aliphatic carbocycles. The summed E-state index contributed by atoms with van der Waals surface area (Å²) in [5.41, 5.74) is 6.45. The van der Waals surface area contributed by atoms with Gasteiger partial charge in [-0.05, 0) is 19.1 Å². The van der Waals surface area contributed by atoms with E-state index in [1.165, 1.54) is 11.3 Å². The lowest BCUT2D eigenvalue weighted by Crippen LogP contribution is -2.13. The predicted octanol–water partition coefficient (Wildman–Crippen LogP) is 1.41. The van der Waals surface area contributed by atoms with Crippen molar-refractivity contribution in [3.8, 4) is 11.8 Å². The summed E-state index contributed by atoms with van der Waals surface area (Å²) in [5.74, 6) is 5.80. The van der Waals surface area contributed by atoms with E-state index in [2.05, 4.69) is 27.1 Å². The first-order valence-corrected chi connectivity index (χ1v) is 6.45. The van der Waals surface area contributed by atoms with Gasteiger partial charge in [-0.1, -0.05) is 11.8 Å². The van der Waals surface area contributed by atoms with Crippen molar-refractivity contribution in [1.82, 2.24) is 9.97 Å². The van der Waals surface area contributed by atoms with Crippen LogP contribution in [0.15, 0.2) is 23.7 Å². The van der Waals surface area contributed by atoms with Crippen molar-refractivity contribution >= 4 is 23.1 Å². The van der Waals surface area contributed by atoms with E-state index < -0.39 is 0 Å². The highest BCUT2D eigenvalue weighted by Crippen LogP contribution is 2.11. The highest BCUT2D eigenvalue weighted by atomic mass is 32.1. The molecule has 0 spiro atoms. The van der Waals surface area contributed by atoms with Crippen LogP contribution in [0.2, 0.25) is 0 Å². The van der Waals surface area contributed by atoms with E-state index in [9.17, 15) is 4.79 Å². The summed E-state index contributed by atoms with van der Waals surface area (Å²) >= 11 is 1.43. The Morgan fingerprint density at radius 3 is 3.11 bits per heavy atom. The van der Waals surface area contributed by atoms with Crippen LogP contribution in [0, 0.1) is 18.8 Å². The number of aromatic nitrogens is 2. The van der Waals surface area contributed by atoms with E-state index in [0.29, 0.717) is 18.1 Å². The zero-order chi connectivity index (χ0) is 13.7. The summed E-state index contributed by atoms with van der Waals surface area (Å²) in [5, 5.41) is 5.24. The van der Waals surface area contributed by atoms with Gasteiger partial charge in [0.05, 0.1) is 11.6 Å².